The maximum absolute atomic E-state index is 12.8. The molecule has 0 aliphatic heterocycles. The van der Waals surface area contributed by atoms with E-state index < -0.39 is 0 Å². The van der Waals surface area contributed by atoms with E-state index >= 15 is 0 Å². The van der Waals surface area contributed by atoms with Crippen molar-refractivity contribution in [3.05, 3.63) is 62.8 Å². The summed E-state index contributed by atoms with van der Waals surface area (Å²) in [5.74, 6) is 0.474. The molecular formula is C20H20N2O3. The number of fused-ring (bicyclic) bond motifs is 1. The monoisotopic (exact) mass is 336 g/mol. The van der Waals surface area contributed by atoms with E-state index in [2.05, 4.69) is 4.99 Å². The Hall–Kier alpha value is -2.92. The van der Waals surface area contributed by atoms with Crippen LogP contribution in [0.1, 0.15) is 22.3 Å². The minimum atomic E-state index is -0.195. The molecule has 0 saturated heterocycles. The molecule has 3 rings (SSSR count). The molecule has 0 atom stereocenters. The summed E-state index contributed by atoms with van der Waals surface area (Å²) in [6.45, 7) is 3.43. The van der Waals surface area contributed by atoms with Gasteiger partial charge in [-0.25, -0.2) is 0 Å². The molecule has 2 aromatic carbocycles. The first-order valence-electron chi connectivity index (χ1n) is 7.96. The third kappa shape index (κ3) is 2.94. The number of anilines is 1. The van der Waals surface area contributed by atoms with Gasteiger partial charge in [0.05, 0.1) is 12.0 Å². The number of hydrogen-bond donors (Lipinski definition) is 2. The van der Waals surface area contributed by atoms with Crippen molar-refractivity contribution < 1.29 is 9.52 Å². The zero-order chi connectivity index (χ0) is 18.1. The molecule has 1 heterocycles. The van der Waals surface area contributed by atoms with E-state index in [-0.39, 0.29) is 12.0 Å². The van der Waals surface area contributed by atoms with Crippen molar-refractivity contribution in [1.82, 2.24) is 0 Å². The fourth-order valence-electron chi connectivity index (χ4n) is 2.98. The van der Waals surface area contributed by atoms with E-state index in [9.17, 15) is 9.90 Å². The highest BCUT2D eigenvalue weighted by molar-refractivity contribution is 5.90. The summed E-state index contributed by atoms with van der Waals surface area (Å²) in [5, 5.41) is 10.1. The molecule has 128 valence electrons. The van der Waals surface area contributed by atoms with Gasteiger partial charge in [-0.2, -0.15) is 0 Å². The van der Waals surface area contributed by atoms with Gasteiger partial charge in [-0.05, 0) is 49.7 Å². The predicted molar refractivity (Wildman–Crippen MR) is 101 cm³/mol. The summed E-state index contributed by atoms with van der Waals surface area (Å²) in [6.07, 6.45) is 1.66. The van der Waals surface area contributed by atoms with Gasteiger partial charge in [0.1, 0.15) is 11.3 Å². The van der Waals surface area contributed by atoms with Gasteiger partial charge in [-0.15, -0.1) is 0 Å². The largest absolute Gasteiger partial charge is 0.455 e. The molecule has 3 aromatic rings. The number of aliphatic hydroxyl groups excluding tert-OH is 1. The van der Waals surface area contributed by atoms with Gasteiger partial charge in [0.15, 0.2) is 5.43 Å². The molecule has 25 heavy (non-hydrogen) atoms. The quantitative estimate of drug-likeness (QED) is 0.568. The summed E-state index contributed by atoms with van der Waals surface area (Å²) >= 11 is 0. The van der Waals surface area contributed by atoms with Crippen LogP contribution in [-0.2, 0) is 6.61 Å². The van der Waals surface area contributed by atoms with Crippen LogP contribution in [0.4, 0.5) is 5.69 Å². The Kier molecular flexibility index (Phi) is 4.42. The molecule has 0 saturated carbocycles. The van der Waals surface area contributed by atoms with E-state index in [1.165, 1.54) is 0 Å². The van der Waals surface area contributed by atoms with Crippen molar-refractivity contribution in [1.29, 1.82) is 0 Å². The first kappa shape index (κ1) is 16.9. The van der Waals surface area contributed by atoms with Gasteiger partial charge in [0.25, 0.3) is 0 Å². The highest BCUT2D eigenvalue weighted by Crippen LogP contribution is 2.29. The summed E-state index contributed by atoms with van der Waals surface area (Å²) in [4.78, 5) is 16.8. The predicted octanol–water partition coefficient (Wildman–Crippen LogP) is 3.20. The number of aryl methyl sites for hydroxylation is 1. The van der Waals surface area contributed by atoms with Crippen molar-refractivity contribution in [2.45, 2.75) is 20.5 Å². The Morgan fingerprint density at radius 2 is 2.00 bits per heavy atom. The number of nitrogens with zero attached hydrogens (tertiary/aromatic N) is 1. The van der Waals surface area contributed by atoms with Crippen molar-refractivity contribution in [2.24, 2.45) is 4.99 Å². The standard InChI is InChI=1S/C20H20N2O3/c1-11-6-15(10-23)20-16(7-11)18(24)12(2)19(25-20)13-4-5-17(21)14(8-13)9-22-3/h4-9,23H,10,21H2,1-3H3. The van der Waals surface area contributed by atoms with Crippen LogP contribution in [0.5, 0.6) is 0 Å². The number of benzene rings is 2. The zero-order valence-electron chi connectivity index (χ0n) is 14.5. The zero-order valence-corrected chi connectivity index (χ0v) is 14.5. The number of nitrogens with two attached hydrogens (primary N) is 1. The highest BCUT2D eigenvalue weighted by Gasteiger charge is 2.16. The molecule has 0 aliphatic rings. The lowest BCUT2D eigenvalue weighted by Crippen LogP contribution is -2.09. The molecule has 0 radical (unpaired) electrons. The van der Waals surface area contributed by atoms with Crippen molar-refractivity contribution >= 4 is 22.9 Å². The Labute approximate surface area is 145 Å². The SMILES string of the molecule is CN=Cc1cc(-c2oc3c(CO)cc(C)cc3c(=O)c2C)ccc1N. The maximum atomic E-state index is 12.8. The second-order valence-electron chi connectivity index (χ2n) is 6.08. The van der Waals surface area contributed by atoms with Crippen molar-refractivity contribution in [3.63, 3.8) is 0 Å². The average molecular weight is 336 g/mol. The van der Waals surface area contributed by atoms with E-state index in [1.807, 2.05) is 25.1 Å². The number of rotatable bonds is 3. The molecular weight excluding hydrogens is 316 g/mol. The minimum Gasteiger partial charge on any atom is -0.455 e. The summed E-state index contributed by atoms with van der Waals surface area (Å²) in [6, 6.07) is 9.02. The van der Waals surface area contributed by atoms with Gasteiger partial charge in [-0.3, -0.25) is 9.79 Å². The smallest absolute Gasteiger partial charge is 0.196 e. The van der Waals surface area contributed by atoms with Gasteiger partial charge in [-0.1, -0.05) is 0 Å². The van der Waals surface area contributed by atoms with Crippen LogP contribution in [0.2, 0.25) is 0 Å². The minimum absolute atomic E-state index is 0.0998. The van der Waals surface area contributed by atoms with E-state index in [4.69, 9.17) is 10.2 Å². The fourth-order valence-corrected chi connectivity index (χ4v) is 2.98. The summed E-state index contributed by atoms with van der Waals surface area (Å²) in [5.41, 5.74) is 10.4. The Bertz CT molecular complexity index is 1050. The van der Waals surface area contributed by atoms with Crippen LogP contribution in [-0.4, -0.2) is 18.4 Å². The Morgan fingerprint density at radius 3 is 2.68 bits per heavy atom. The first-order chi connectivity index (χ1) is 12.0. The lowest BCUT2D eigenvalue weighted by Gasteiger charge is -2.11. The second-order valence-corrected chi connectivity index (χ2v) is 6.08. The molecule has 0 spiro atoms. The first-order valence-corrected chi connectivity index (χ1v) is 7.96. The molecule has 3 N–H and O–H groups in total. The van der Waals surface area contributed by atoms with Gasteiger partial charge in [0.2, 0.25) is 0 Å². The number of aliphatic hydroxyl groups is 1. The third-order valence-corrected chi connectivity index (χ3v) is 4.23. The number of hydrogen-bond acceptors (Lipinski definition) is 5. The Morgan fingerprint density at radius 1 is 1.24 bits per heavy atom. The maximum Gasteiger partial charge on any atom is 0.196 e. The molecule has 5 heteroatoms. The summed E-state index contributed by atoms with van der Waals surface area (Å²) < 4.78 is 6.06. The molecule has 0 amide bonds. The van der Waals surface area contributed by atoms with E-state index in [0.29, 0.717) is 33.5 Å². The fraction of sp³-hybridized carbons (Fsp3) is 0.200. The van der Waals surface area contributed by atoms with Crippen LogP contribution in [0, 0.1) is 13.8 Å². The van der Waals surface area contributed by atoms with Crippen LogP contribution in [0.15, 0.2) is 44.5 Å². The second kappa shape index (κ2) is 6.53. The van der Waals surface area contributed by atoms with Crippen LogP contribution < -0.4 is 11.2 Å². The molecule has 0 fully saturated rings. The normalized spacial score (nSPS) is 11.5. The Balaban J connectivity index is 2.34. The third-order valence-electron chi connectivity index (χ3n) is 4.23. The van der Waals surface area contributed by atoms with Gasteiger partial charge < -0.3 is 15.3 Å². The van der Waals surface area contributed by atoms with Crippen LogP contribution in [0.3, 0.4) is 0 Å². The molecule has 0 bridgehead atoms. The summed E-state index contributed by atoms with van der Waals surface area (Å²) in [7, 11) is 1.67. The van der Waals surface area contributed by atoms with Gasteiger partial charge >= 0.3 is 0 Å². The molecule has 0 aliphatic carbocycles. The number of aliphatic imine (C=N–C) groups is 1. The lowest BCUT2D eigenvalue weighted by atomic mass is 10.0. The van der Waals surface area contributed by atoms with Crippen LogP contribution >= 0.6 is 0 Å². The molecule has 0 unspecified atom stereocenters. The van der Waals surface area contributed by atoms with Crippen LogP contribution in [0.25, 0.3) is 22.3 Å². The van der Waals surface area contributed by atoms with Crippen molar-refractivity contribution in [3.8, 4) is 11.3 Å². The molecule has 1 aromatic heterocycles. The highest BCUT2D eigenvalue weighted by atomic mass is 16.3. The van der Waals surface area contributed by atoms with E-state index in [1.54, 1.807) is 32.3 Å². The number of nitrogen functional groups attached to an aromatic ring is 1. The average Bonchev–Trinajstić information content (AvgIpc) is 2.60. The topological polar surface area (TPSA) is 88.8 Å². The lowest BCUT2D eigenvalue weighted by molar-refractivity contribution is 0.281. The van der Waals surface area contributed by atoms with E-state index in [0.717, 1.165) is 16.7 Å². The molecule has 5 nitrogen and oxygen atoms in total. The van der Waals surface area contributed by atoms with Crippen molar-refractivity contribution in [2.75, 3.05) is 12.8 Å². The van der Waals surface area contributed by atoms with Gasteiger partial charge in [0, 0.05) is 41.2 Å².